The van der Waals surface area contributed by atoms with Gasteiger partial charge >= 0.3 is 0 Å². The van der Waals surface area contributed by atoms with Crippen LogP contribution in [0.15, 0.2) is 12.4 Å². The van der Waals surface area contributed by atoms with Gasteiger partial charge in [-0.2, -0.15) is 14.6 Å². The molecule has 0 aliphatic rings. The van der Waals surface area contributed by atoms with E-state index in [2.05, 4.69) is 20.4 Å². The van der Waals surface area contributed by atoms with Crippen LogP contribution in [-0.2, 0) is 0 Å². The van der Waals surface area contributed by atoms with Crippen molar-refractivity contribution in [3.8, 4) is 0 Å². The van der Waals surface area contributed by atoms with Crippen LogP contribution in [0.3, 0.4) is 0 Å². The normalized spacial score (nSPS) is 10.9. The highest BCUT2D eigenvalue weighted by Gasteiger charge is 2.04. The first-order valence-corrected chi connectivity index (χ1v) is 5.92. The van der Waals surface area contributed by atoms with Crippen LogP contribution in [0.1, 0.15) is 25.0 Å². The summed E-state index contributed by atoms with van der Waals surface area (Å²) in [6, 6.07) is 1.98. The molecule has 0 amide bonds. The van der Waals surface area contributed by atoms with Crippen molar-refractivity contribution in [2.45, 2.75) is 26.2 Å². The third-order valence-electron chi connectivity index (χ3n) is 2.57. The van der Waals surface area contributed by atoms with E-state index < -0.39 is 0 Å². The van der Waals surface area contributed by atoms with Crippen molar-refractivity contribution < 1.29 is 0 Å². The Morgan fingerprint density at radius 2 is 2.24 bits per heavy atom. The molecule has 0 aliphatic carbocycles. The highest BCUT2D eigenvalue weighted by Crippen LogP contribution is 2.10. The molecule has 2 rings (SSSR count). The molecule has 0 fully saturated rings. The number of hydrogen-bond donors (Lipinski definition) is 2. The number of aryl methyl sites for hydroxylation is 1. The van der Waals surface area contributed by atoms with Gasteiger partial charge in [-0.05, 0) is 26.3 Å². The van der Waals surface area contributed by atoms with Crippen LogP contribution in [0.5, 0.6) is 0 Å². The number of fused-ring (bicyclic) bond motifs is 1. The van der Waals surface area contributed by atoms with Crippen molar-refractivity contribution in [2.24, 2.45) is 5.73 Å². The summed E-state index contributed by atoms with van der Waals surface area (Å²) in [5, 5.41) is 7.49. The summed E-state index contributed by atoms with van der Waals surface area (Å²) < 4.78 is 1.72. The van der Waals surface area contributed by atoms with Crippen molar-refractivity contribution in [3.63, 3.8) is 0 Å². The largest absolute Gasteiger partial charge is 0.370 e. The summed E-state index contributed by atoms with van der Waals surface area (Å²) in [7, 11) is 0. The number of anilines is 1. The van der Waals surface area contributed by atoms with E-state index in [1.54, 1.807) is 4.52 Å². The van der Waals surface area contributed by atoms with Crippen molar-refractivity contribution in [1.29, 1.82) is 0 Å². The summed E-state index contributed by atoms with van der Waals surface area (Å²) in [5.41, 5.74) is 6.39. The second kappa shape index (κ2) is 5.58. The average molecular weight is 234 g/mol. The Labute approximate surface area is 100 Å². The van der Waals surface area contributed by atoms with Gasteiger partial charge in [-0.15, -0.1) is 0 Å². The van der Waals surface area contributed by atoms with Gasteiger partial charge in [0.1, 0.15) is 12.1 Å². The molecule has 0 spiro atoms. The zero-order valence-electron chi connectivity index (χ0n) is 10.1. The van der Waals surface area contributed by atoms with Crippen LogP contribution in [-0.4, -0.2) is 32.7 Å². The predicted molar refractivity (Wildman–Crippen MR) is 66.9 cm³/mol. The second-order valence-electron chi connectivity index (χ2n) is 4.03. The first-order valence-electron chi connectivity index (χ1n) is 5.92. The van der Waals surface area contributed by atoms with E-state index in [1.165, 1.54) is 6.33 Å². The number of nitrogens with zero attached hydrogens (tertiary/aromatic N) is 4. The molecule has 0 bridgehead atoms. The van der Waals surface area contributed by atoms with Crippen molar-refractivity contribution in [2.75, 3.05) is 18.4 Å². The summed E-state index contributed by atoms with van der Waals surface area (Å²) in [4.78, 5) is 8.37. The lowest BCUT2D eigenvalue weighted by Gasteiger charge is -2.08. The molecule has 6 nitrogen and oxygen atoms in total. The van der Waals surface area contributed by atoms with Crippen LogP contribution < -0.4 is 11.1 Å². The van der Waals surface area contributed by atoms with E-state index in [4.69, 9.17) is 5.73 Å². The maximum Gasteiger partial charge on any atom is 0.254 e. The van der Waals surface area contributed by atoms with Crippen LogP contribution >= 0.6 is 0 Å². The molecule has 0 aliphatic heterocycles. The van der Waals surface area contributed by atoms with Crippen LogP contribution in [0.2, 0.25) is 0 Å². The molecule has 0 atom stereocenters. The summed E-state index contributed by atoms with van der Waals surface area (Å²) in [6.07, 6.45) is 4.85. The lowest BCUT2D eigenvalue weighted by atomic mass is 10.2. The van der Waals surface area contributed by atoms with Gasteiger partial charge in [0, 0.05) is 18.3 Å². The molecule has 0 saturated carbocycles. The minimum Gasteiger partial charge on any atom is -0.370 e. The third-order valence-corrected chi connectivity index (χ3v) is 2.57. The predicted octanol–water partition coefficient (Wildman–Crippen LogP) is 0.974. The minimum absolute atomic E-state index is 0.634. The van der Waals surface area contributed by atoms with Gasteiger partial charge in [0.25, 0.3) is 5.78 Å². The Morgan fingerprint density at radius 1 is 1.35 bits per heavy atom. The molecule has 0 radical (unpaired) electrons. The Balaban J connectivity index is 2.00. The Kier molecular flexibility index (Phi) is 3.87. The Hall–Kier alpha value is -1.69. The monoisotopic (exact) mass is 234 g/mol. The number of unbranched alkanes of at least 4 members (excludes halogenated alkanes) is 2. The standard InChI is InChI=1S/C11H18N6/c1-9-7-10(13-6-4-2-3-5-12)17-11(16-9)14-8-15-17/h7-8,13H,2-6,12H2,1H3. The van der Waals surface area contributed by atoms with E-state index in [-0.39, 0.29) is 0 Å². The number of aromatic nitrogens is 4. The fraction of sp³-hybridized carbons (Fsp3) is 0.545. The number of rotatable bonds is 6. The molecule has 2 heterocycles. The zero-order valence-corrected chi connectivity index (χ0v) is 10.1. The Bertz CT molecular complexity index is 478. The molecule has 0 saturated heterocycles. The van der Waals surface area contributed by atoms with E-state index in [9.17, 15) is 0 Å². The number of hydrogen-bond acceptors (Lipinski definition) is 5. The third kappa shape index (κ3) is 2.91. The average Bonchev–Trinajstić information content (AvgIpc) is 2.76. The van der Waals surface area contributed by atoms with Gasteiger partial charge in [0.15, 0.2) is 0 Å². The Morgan fingerprint density at radius 3 is 3.06 bits per heavy atom. The fourth-order valence-corrected chi connectivity index (χ4v) is 1.72. The first kappa shape index (κ1) is 11.8. The lowest BCUT2D eigenvalue weighted by molar-refractivity contribution is 0.704. The topological polar surface area (TPSA) is 81.1 Å². The quantitative estimate of drug-likeness (QED) is 0.728. The molecule has 92 valence electrons. The lowest BCUT2D eigenvalue weighted by Crippen LogP contribution is -2.09. The molecule has 0 unspecified atom stereocenters. The minimum atomic E-state index is 0.634. The smallest absolute Gasteiger partial charge is 0.254 e. The van der Waals surface area contributed by atoms with E-state index >= 15 is 0 Å². The number of nitrogens with two attached hydrogens (primary N) is 1. The van der Waals surface area contributed by atoms with Crippen LogP contribution in [0.4, 0.5) is 5.82 Å². The van der Waals surface area contributed by atoms with Crippen LogP contribution in [0, 0.1) is 6.92 Å². The summed E-state index contributed by atoms with van der Waals surface area (Å²) in [5.74, 6) is 1.58. The molecule has 17 heavy (non-hydrogen) atoms. The second-order valence-corrected chi connectivity index (χ2v) is 4.03. The molecular weight excluding hydrogens is 216 g/mol. The van der Waals surface area contributed by atoms with E-state index in [1.807, 2.05) is 13.0 Å². The van der Waals surface area contributed by atoms with Crippen LogP contribution in [0.25, 0.3) is 5.78 Å². The van der Waals surface area contributed by atoms with E-state index in [0.717, 1.165) is 43.9 Å². The highest BCUT2D eigenvalue weighted by molar-refractivity contribution is 5.44. The van der Waals surface area contributed by atoms with Gasteiger partial charge in [0.2, 0.25) is 0 Å². The van der Waals surface area contributed by atoms with Crippen molar-refractivity contribution >= 4 is 11.6 Å². The van der Waals surface area contributed by atoms with Gasteiger partial charge in [-0.25, -0.2) is 4.98 Å². The van der Waals surface area contributed by atoms with Crippen molar-refractivity contribution in [3.05, 3.63) is 18.1 Å². The van der Waals surface area contributed by atoms with Gasteiger partial charge < -0.3 is 11.1 Å². The van der Waals surface area contributed by atoms with Gasteiger partial charge in [0.05, 0.1) is 0 Å². The first-order chi connectivity index (χ1) is 8.31. The zero-order chi connectivity index (χ0) is 12.1. The number of nitrogens with one attached hydrogen (secondary N) is 1. The maximum absolute atomic E-state index is 5.45. The maximum atomic E-state index is 5.45. The molecule has 2 aromatic rings. The summed E-state index contributed by atoms with van der Waals surface area (Å²) >= 11 is 0. The molecule has 2 aromatic heterocycles. The molecule has 0 aromatic carbocycles. The highest BCUT2D eigenvalue weighted by atomic mass is 15.3. The molecule has 6 heteroatoms. The molecule has 3 N–H and O–H groups in total. The van der Waals surface area contributed by atoms with E-state index in [0.29, 0.717) is 5.78 Å². The van der Waals surface area contributed by atoms with Crippen molar-refractivity contribution in [1.82, 2.24) is 19.6 Å². The molecular formula is C11H18N6. The van der Waals surface area contributed by atoms with Gasteiger partial charge in [-0.1, -0.05) is 6.42 Å². The fourth-order valence-electron chi connectivity index (χ4n) is 1.72. The SMILES string of the molecule is Cc1cc(NCCCCCN)n2ncnc2n1. The summed E-state index contributed by atoms with van der Waals surface area (Å²) in [6.45, 7) is 3.63. The van der Waals surface area contributed by atoms with Gasteiger partial charge in [-0.3, -0.25) is 0 Å².